The highest BCUT2D eigenvalue weighted by atomic mass is 32.2. The highest BCUT2D eigenvalue weighted by molar-refractivity contribution is 7.90. The molecule has 1 unspecified atom stereocenters. The van der Waals surface area contributed by atoms with Crippen LogP contribution in [-0.4, -0.2) is 31.7 Å². The van der Waals surface area contributed by atoms with Crippen LogP contribution in [0.3, 0.4) is 0 Å². The molecule has 5 nitrogen and oxygen atoms in total. The summed E-state index contributed by atoms with van der Waals surface area (Å²) in [6, 6.07) is 8.28. The summed E-state index contributed by atoms with van der Waals surface area (Å²) in [6.07, 6.45) is -1.27. The van der Waals surface area contributed by atoms with Gasteiger partial charge in [0.25, 0.3) is 6.43 Å². The van der Waals surface area contributed by atoms with Gasteiger partial charge in [0.05, 0.1) is 23.8 Å². The maximum absolute atomic E-state index is 12.6. The number of hydrogen-bond acceptors (Lipinski definition) is 4. The zero-order valence-corrected chi connectivity index (χ0v) is 13.6. The number of nitrogens with zero attached hydrogens (tertiary/aromatic N) is 2. The topological polar surface area (TPSA) is 61.2 Å². The van der Waals surface area contributed by atoms with E-state index in [1.165, 1.54) is 19.4 Å². The van der Waals surface area contributed by atoms with Crippen molar-refractivity contribution >= 4 is 9.84 Å². The zero-order valence-electron chi connectivity index (χ0n) is 12.8. The molecular weight excluding hydrogens is 326 g/mol. The van der Waals surface area contributed by atoms with Crippen molar-refractivity contribution < 1.29 is 21.9 Å². The average Bonchev–Trinajstić information content (AvgIpc) is 2.92. The third-order valence-electron chi connectivity index (χ3n) is 3.58. The molecule has 2 aromatic rings. The minimum absolute atomic E-state index is 0.243. The highest BCUT2D eigenvalue weighted by Crippen LogP contribution is 2.31. The summed E-state index contributed by atoms with van der Waals surface area (Å²) < 4.78 is 56.5. The van der Waals surface area contributed by atoms with Crippen LogP contribution in [0.25, 0.3) is 0 Å². The Morgan fingerprint density at radius 1 is 1.26 bits per heavy atom. The summed E-state index contributed by atoms with van der Waals surface area (Å²) in [5.74, 6) is 0.114. The molecule has 0 spiro atoms. The fourth-order valence-electron chi connectivity index (χ4n) is 2.30. The zero-order chi connectivity index (χ0) is 17.0. The Morgan fingerprint density at radius 3 is 2.61 bits per heavy atom. The van der Waals surface area contributed by atoms with Crippen molar-refractivity contribution in [1.29, 1.82) is 0 Å². The summed E-state index contributed by atoms with van der Waals surface area (Å²) in [5.41, 5.74) is 0.780. The summed E-state index contributed by atoms with van der Waals surface area (Å²) >= 11 is 0. The van der Waals surface area contributed by atoms with E-state index < -0.39 is 28.1 Å². The van der Waals surface area contributed by atoms with Gasteiger partial charge in [0.15, 0.2) is 9.84 Å². The standard InChI is InChI=1S/C15H18F2N2O3S/c1-11(13-5-3-4-6-14(13)22-2)23(20,21)10-12-7-8-18-19(12)9-15(16)17/h3-8,11,15H,9-10H2,1-2H3. The summed E-state index contributed by atoms with van der Waals surface area (Å²) in [4.78, 5) is 0. The van der Waals surface area contributed by atoms with E-state index in [4.69, 9.17) is 4.74 Å². The maximum Gasteiger partial charge on any atom is 0.257 e. The van der Waals surface area contributed by atoms with Crippen LogP contribution in [0.15, 0.2) is 36.5 Å². The van der Waals surface area contributed by atoms with Crippen molar-refractivity contribution in [3.63, 3.8) is 0 Å². The van der Waals surface area contributed by atoms with E-state index >= 15 is 0 Å². The van der Waals surface area contributed by atoms with Crippen molar-refractivity contribution in [2.75, 3.05) is 7.11 Å². The molecule has 126 valence electrons. The monoisotopic (exact) mass is 344 g/mol. The number of halogens is 2. The highest BCUT2D eigenvalue weighted by Gasteiger charge is 2.27. The van der Waals surface area contributed by atoms with Crippen molar-refractivity contribution in [1.82, 2.24) is 9.78 Å². The summed E-state index contributed by atoms with van der Waals surface area (Å²) in [5, 5.41) is 2.93. The van der Waals surface area contributed by atoms with Crippen molar-refractivity contribution in [3.05, 3.63) is 47.8 Å². The molecule has 23 heavy (non-hydrogen) atoms. The maximum atomic E-state index is 12.6. The number of ether oxygens (including phenoxy) is 1. The normalized spacial score (nSPS) is 13.3. The molecule has 0 saturated heterocycles. The van der Waals surface area contributed by atoms with E-state index in [1.54, 1.807) is 31.2 Å². The van der Waals surface area contributed by atoms with Gasteiger partial charge in [-0.2, -0.15) is 5.10 Å². The van der Waals surface area contributed by atoms with Gasteiger partial charge in [-0.25, -0.2) is 17.2 Å². The van der Waals surface area contributed by atoms with E-state index in [0.717, 1.165) is 4.68 Å². The van der Waals surface area contributed by atoms with Gasteiger partial charge in [0.2, 0.25) is 0 Å². The Kier molecular flexibility index (Phi) is 5.35. The van der Waals surface area contributed by atoms with Crippen LogP contribution in [0.2, 0.25) is 0 Å². The van der Waals surface area contributed by atoms with Gasteiger partial charge >= 0.3 is 0 Å². The first-order valence-electron chi connectivity index (χ1n) is 6.98. The number of rotatable bonds is 7. The number of aromatic nitrogens is 2. The summed E-state index contributed by atoms with van der Waals surface area (Å²) in [6.45, 7) is 0.932. The predicted octanol–water partition coefficient (Wildman–Crippen LogP) is 2.83. The van der Waals surface area contributed by atoms with Gasteiger partial charge < -0.3 is 4.74 Å². The number of benzene rings is 1. The Bertz CT molecular complexity index is 760. The SMILES string of the molecule is COc1ccccc1C(C)S(=O)(=O)Cc1ccnn1CC(F)F. The predicted molar refractivity (Wildman–Crippen MR) is 82.3 cm³/mol. The van der Waals surface area contributed by atoms with Crippen LogP contribution >= 0.6 is 0 Å². The Morgan fingerprint density at radius 2 is 1.96 bits per heavy atom. The number of para-hydroxylation sites is 1. The third-order valence-corrected chi connectivity index (χ3v) is 5.61. The second-order valence-corrected chi connectivity index (χ2v) is 7.41. The van der Waals surface area contributed by atoms with Crippen LogP contribution in [0.1, 0.15) is 23.4 Å². The third kappa shape index (κ3) is 4.07. The lowest BCUT2D eigenvalue weighted by molar-refractivity contribution is 0.121. The Hall–Kier alpha value is -1.96. The molecule has 2 rings (SSSR count). The molecule has 0 N–H and O–H groups in total. The lowest BCUT2D eigenvalue weighted by Crippen LogP contribution is -2.18. The lowest BCUT2D eigenvalue weighted by Gasteiger charge is -2.17. The second kappa shape index (κ2) is 7.08. The number of sulfone groups is 1. The van der Waals surface area contributed by atoms with E-state index in [2.05, 4.69) is 5.10 Å². The van der Waals surface area contributed by atoms with Gasteiger partial charge in [-0.1, -0.05) is 18.2 Å². The van der Waals surface area contributed by atoms with E-state index in [0.29, 0.717) is 11.3 Å². The fraction of sp³-hybridized carbons (Fsp3) is 0.400. The molecule has 8 heteroatoms. The number of alkyl halides is 2. The molecule has 1 heterocycles. The van der Waals surface area contributed by atoms with Gasteiger partial charge in [-0.05, 0) is 19.1 Å². The van der Waals surface area contributed by atoms with Crippen molar-refractivity contribution in [2.45, 2.75) is 30.9 Å². The largest absolute Gasteiger partial charge is 0.496 e. The molecule has 0 fully saturated rings. The molecule has 0 amide bonds. The minimum Gasteiger partial charge on any atom is -0.496 e. The molecule has 0 aliphatic heterocycles. The van der Waals surface area contributed by atoms with Crippen LogP contribution in [0, 0.1) is 0 Å². The smallest absolute Gasteiger partial charge is 0.257 e. The van der Waals surface area contributed by atoms with Crippen molar-refractivity contribution in [3.8, 4) is 5.75 Å². The number of methoxy groups -OCH3 is 1. The lowest BCUT2D eigenvalue weighted by atomic mass is 10.1. The van der Waals surface area contributed by atoms with Crippen LogP contribution in [0.5, 0.6) is 5.75 Å². The van der Waals surface area contributed by atoms with E-state index in [9.17, 15) is 17.2 Å². The van der Waals surface area contributed by atoms with Crippen molar-refractivity contribution in [2.24, 2.45) is 0 Å². The molecule has 0 radical (unpaired) electrons. The van der Waals surface area contributed by atoms with Gasteiger partial charge in [0, 0.05) is 11.8 Å². The Labute approximate surface area is 133 Å². The first-order chi connectivity index (χ1) is 10.8. The molecule has 1 aromatic heterocycles. The van der Waals surface area contributed by atoms with Gasteiger partial charge in [0.1, 0.15) is 12.3 Å². The summed E-state index contributed by atoms with van der Waals surface area (Å²) in [7, 11) is -2.14. The number of hydrogen-bond donors (Lipinski definition) is 0. The fourth-order valence-corrected chi connectivity index (χ4v) is 3.79. The molecule has 0 aliphatic carbocycles. The van der Waals surface area contributed by atoms with Gasteiger partial charge in [-0.15, -0.1) is 0 Å². The Balaban J connectivity index is 2.27. The molecule has 0 bridgehead atoms. The minimum atomic E-state index is -3.61. The first kappa shape index (κ1) is 17.4. The quantitative estimate of drug-likeness (QED) is 0.775. The van der Waals surface area contributed by atoms with Crippen LogP contribution in [0.4, 0.5) is 8.78 Å². The average molecular weight is 344 g/mol. The second-order valence-electron chi connectivity index (χ2n) is 5.09. The molecule has 0 saturated carbocycles. The van der Waals surface area contributed by atoms with Crippen LogP contribution in [-0.2, 0) is 22.1 Å². The first-order valence-corrected chi connectivity index (χ1v) is 8.70. The molecule has 1 atom stereocenters. The van der Waals surface area contributed by atoms with E-state index in [1.807, 2.05) is 0 Å². The molecular formula is C15H18F2N2O3S. The van der Waals surface area contributed by atoms with Crippen LogP contribution < -0.4 is 4.74 Å². The van der Waals surface area contributed by atoms with Gasteiger partial charge in [-0.3, -0.25) is 4.68 Å². The molecule has 1 aromatic carbocycles. The van der Waals surface area contributed by atoms with E-state index in [-0.39, 0.29) is 11.4 Å². The molecule has 0 aliphatic rings.